The second-order valence-electron chi connectivity index (χ2n) is 1.64. The Kier molecular flexibility index (Phi) is 3.62. The number of carbonyl (C=O) groups excluding carboxylic acids is 1. The highest BCUT2D eigenvalue weighted by Gasteiger charge is 2.01. The summed E-state index contributed by atoms with van der Waals surface area (Å²) in [6.45, 7) is -0.0622. The normalized spacial score (nSPS) is 9.00. The number of carboxylic acids is 1. The van der Waals surface area contributed by atoms with Crippen LogP contribution >= 0.6 is 0 Å². The molecular formula is C5H9NO3. The van der Waals surface area contributed by atoms with Gasteiger partial charge in [-0.25, -0.2) is 0 Å². The van der Waals surface area contributed by atoms with E-state index in [0.717, 1.165) is 0 Å². The molecule has 0 aromatic rings. The summed E-state index contributed by atoms with van der Waals surface area (Å²) in [7, 11) is 0. The monoisotopic (exact) mass is 138 g/mol. The largest absolute Gasteiger partial charge is 0.481 e. The minimum Gasteiger partial charge on any atom is -0.481 e. The third-order valence-corrected chi connectivity index (χ3v) is 0.845. The average Bonchev–Trinajstić information content (AvgIpc) is 1.83. The van der Waals surface area contributed by atoms with E-state index in [9.17, 15) is 9.59 Å². The topological polar surface area (TPSA) is 80.4 Å². The van der Waals surface area contributed by atoms with Gasteiger partial charge in [0.1, 0.15) is 5.78 Å². The van der Waals surface area contributed by atoms with Crippen LogP contribution in [0.25, 0.3) is 0 Å². The molecule has 4 heteroatoms. The summed E-state index contributed by atoms with van der Waals surface area (Å²) >= 11 is 0. The first-order valence-corrected chi connectivity index (χ1v) is 2.60. The third-order valence-electron chi connectivity index (χ3n) is 0.845. The molecule has 0 saturated carbocycles. The molecule has 0 rings (SSSR count). The van der Waals surface area contributed by atoms with Crippen LogP contribution in [0, 0.1) is 0 Å². The maximum absolute atomic E-state index is 10.3. The van der Waals surface area contributed by atoms with E-state index in [2.05, 4.69) is 0 Å². The predicted molar refractivity (Wildman–Crippen MR) is 30.9 cm³/mol. The van der Waals surface area contributed by atoms with Crippen molar-refractivity contribution in [1.29, 1.82) is 0 Å². The smallest absolute Gasteiger partial charge is 0.303 e. The standard InChI is InChI=1S/C5H9NO3/c6-3-4(7)1-2-5(8)9/h1-3,6H2,(H,8,9)/i5+1,7+2,8+2,9+2. The SMILES string of the molecule is NCC(=[18O])CC[13C](=[18O])[18OH]. The van der Waals surface area contributed by atoms with Crippen LogP contribution in [0.5, 0.6) is 0 Å². The zero-order valence-corrected chi connectivity index (χ0v) is 4.96. The van der Waals surface area contributed by atoms with Gasteiger partial charge in [0, 0.05) is 6.42 Å². The van der Waals surface area contributed by atoms with Gasteiger partial charge in [-0.3, -0.25) is 9.59 Å². The molecule has 9 heavy (non-hydrogen) atoms. The van der Waals surface area contributed by atoms with Crippen molar-refractivity contribution in [2.24, 2.45) is 5.73 Å². The van der Waals surface area contributed by atoms with E-state index in [1.165, 1.54) is 0 Å². The zero-order valence-electron chi connectivity index (χ0n) is 4.96. The van der Waals surface area contributed by atoms with Crippen LogP contribution < -0.4 is 5.73 Å². The van der Waals surface area contributed by atoms with E-state index in [1.807, 2.05) is 0 Å². The molecule has 3 N–H and O–H groups in total. The third kappa shape index (κ3) is 4.96. The first-order chi connectivity index (χ1) is 4.16. The Morgan fingerprint density at radius 1 is 1.33 bits per heavy atom. The summed E-state index contributed by atoms with van der Waals surface area (Å²) in [6, 6.07) is 0. The van der Waals surface area contributed by atoms with Gasteiger partial charge in [-0.1, -0.05) is 0 Å². The highest BCUT2D eigenvalue weighted by Crippen LogP contribution is 1.87. The Morgan fingerprint density at radius 3 is 2.22 bits per heavy atom. The molecule has 0 aliphatic carbocycles. The highest BCUT2D eigenvalue weighted by molar-refractivity contribution is 5.83. The second kappa shape index (κ2) is 4.03. The summed E-state index contributed by atoms with van der Waals surface area (Å²) in [5, 5.41) is 8.06. The molecule has 0 bridgehead atoms. The van der Waals surface area contributed by atoms with Gasteiger partial charge >= 0.3 is 5.97 Å². The van der Waals surface area contributed by atoms with Crippen LogP contribution in [0.3, 0.4) is 0 Å². The lowest BCUT2D eigenvalue weighted by Crippen LogP contribution is -2.14. The van der Waals surface area contributed by atoms with E-state index < -0.39 is 5.97 Å². The van der Waals surface area contributed by atoms with Crippen LogP contribution in [-0.4, -0.2) is 23.4 Å². The van der Waals surface area contributed by atoms with E-state index in [1.54, 1.807) is 0 Å². The summed E-state index contributed by atoms with van der Waals surface area (Å²) in [6.07, 6.45) is -0.0676. The molecule has 0 atom stereocenters. The Morgan fingerprint density at radius 2 is 1.89 bits per heavy atom. The number of ketones is 1. The van der Waals surface area contributed by atoms with Crippen molar-refractivity contribution >= 4 is 11.8 Å². The molecular weight excluding hydrogens is 129 g/mol. The Labute approximate surface area is 52.7 Å². The van der Waals surface area contributed by atoms with Gasteiger partial charge < -0.3 is 10.8 Å². The van der Waals surface area contributed by atoms with Crippen LogP contribution in [0.2, 0.25) is 0 Å². The van der Waals surface area contributed by atoms with Crippen molar-refractivity contribution in [2.75, 3.05) is 6.54 Å². The summed E-state index contributed by atoms with van der Waals surface area (Å²) in [5.41, 5.74) is 4.92. The number of carboxylic acid groups (broad SMARTS) is 1. The van der Waals surface area contributed by atoms with Crippen molar-refractivity contribution in [2.45, 2.75) is 12.8 Å². The number of hydrogen-bond acceptors (Lipinski definition) is 3. The number of nitrogens with two attached hydrogens (primary N) is 1. The van der Waals surface area contributed by atoms with E-state index in [4.69, 9.17) is 10.8 Å². The van der Waals surface area contributed by atoms with Gasteiger partial charge in [-0.15, -0.1) is 0 Å². The number of Topliss-reactive ketones (excluding diaryl/α,β-unsaturated/α-hetero) is 1. The summed E-state index contributed by atoms with van der Waals surface area (Å²) in [4.78, 5) is 20.2. The molecule has 0 fully saturated rings. The van der Waals surface area contributed by atoms with Crippen molar-refractivity contribution in [1.82, 2.24) is 0 Å². The molecule has 0 saturated heterocycles. The molecule has 0 aliphatic heterocycles. The molecule has 0 spiro atoms. The van der Waals surface area contributed by atoms with Crippen molar-refractivity contribution in [3.8, 4) is 0 Å². The van der Waals surface area contributed by atoms with Gasteiger partial charge in [-0.2, -0.15) is 0 Å². The lowest BCUT2D eigenvalue weighted by Gasteiger charge is -1.90. The lowest BCUT2D eigenvalue weighted by atomic mass is 10.3. The first kappa shape index (κ1) is 8.10. The van der Waals surface area contributed by atoms with Crippen LogP contribution in [-0.2, 0) is 9.59 Å². The minimum absolute atomic E-state index is 0.0475. The van der Waals surface area contributed by atoms with Gasteiger partial charge in [0.25, 0.3) is 0 Å². The Balaban J connectivity index is 3.28. The van der Waals surface area contributed by atoms with Crippen LogP contribution in [0.15, 0.2) is 0 Å². The highest BCUT2D eigenvalue weighted by atomic mass is 18.3. The summed E-state index contributed by atoms with van der Waals surface area (Å²) in [5.74, 6) is -1.17. The number of hydrogen-bond donors (Lipinski definition) is 2. The number of carbonyl (C=O) groups is 2. The predicted octanol–water partition coefficient (Wildman–Crippen LogP) is -0.621. The number of rotatable bonds is 4. The van der Waals surface area contributed by atoms with Crippen LogP contribution in [0.1, 0.15) is 12.8 Å². The van der Waals surface area contributed by atoms with Crippen molar-refractivity contribution in [3.05, 3.63) is 0 Å². The van der Waals surface area contributed by atoms with Gasteiger partial charge in [0.05, 0.1) is 13.0 Å². The zero-order chi connectivity index (χ0) is 7.28. The molecule has 0 radical (unpaired) electrons. The molecule has 0 amide bonds. The quantitative estimate of drug-likeness (QED) is 0.400. The minimum atomic E-state index is -0.961. The second-order valence-corrected chi connectivity index (χ2v) is 1.64. The van der Waals surface area contributed by atoms with E-state index in [0.29, 0.717) is 0 Å². The van der Waals surface area contributed by atoms with E-state index >= 15 is 0 Å². The molecule has 52 valence electrons. The fraction of sp³-hybridized carbons (Fsp3) is 0.600. The van der Waals surface area contributed by atoms with Gasteiger partial charge in [0.2, 0.25) is 0 Å². The van der Waals surface area contributed by atoms with Gasteiger partial charge in [0.15, 0.2) is 0 Å². The van der Waals surface area contributed by atoms with Crippen molar-refractivity contribution in [3.63, 3.8) is 0 Å². The molecule has 0 heterocycles. The first-order valence-electron chi connectivity index (χ1n) is 2.60. The Hall–Kier alpha value is -0.900. The average molecular weight is 138 g/mol. The maximum Gasteiger partial charge on any atom is 0.303 e. The molecule has 0 unspecified atom stereocenters. The lowest BCUT2D eigenvalue weighted by molar-refractivity contribution is -0.138. The molecule has 0 aliphatic rings. The van der Waals surface area contributed by atoms with Crippen molar-refractivity contribution < 1.29 is 14.7 Å². The maximum atomic E-state index is 10.3. The fourth-order valence-electron chi connectivity index (χ4n) is 0.348. The molecule has 4 nitrogen and oxygen atoms in total. The summed E-state index contributed by atoms with van der Waals surface area (Å²) < 4.78 is 0. The molecule has 0 aromatic carbocycles. The Bertz CT molecular complexity index is 121. The molecule has 0 aromatic heterocycles. The van der Waals surface area contributed by atoms with E-state index in [-0.39, 0.29) is 25.2 Å². The van der Waals surface area contributed by atoms with Crippen LogP contribution in [0.4, 0.5) is 0 Å². The number of aliphatic carboxylic acids is 1. The van der Waals surface area contributed by atoms with Gasteiger partial charge in [-0.05, 0) is 0 Å². The fourth-order valence-corrected chi connectivity index (χ4v) is 0.348.